The van der Waals surface area contributed by atoms with E-state index in [1.54, 1.807) is 12.5 Å². The van der Waals surface area contributed by atoms with Crippen molar-refractivity contribution in [3.8, 4) is 22.6 Å². The first kappa shape index (κ1) is 33.4. The minimum Gasteiger partial charge on any atom is -0.464 e. The highest BCUT2D eigenvalue weighted by atomic mass is 16.3. The van der Waals surface area contributed by atoms with Gasteiger partial charge < -0.3 is 34.4 Å². The van der Waals surface area contributed by atoms with Gasteiger partial charge in [-0.1, -0.05) is 12.8 Å². The minimum absolute atomic E-state index is 0.180. The number of hydrogen-bond donors (Lipinski definition) is 5. The number of furan rings is 2. The molecule has 0 unspecified atom stereocenters. The van der Waals surface area contributed by atoms with E-state index in [4.69, 9.17) is 18.8 Å². The third-order valence-corrected chi connectivity index (χ3v) is 7.20. The smallest absolute Gasteiger partial charge is 0.133 e. The molecule has 0 aromatic carbocycles. The van der Waals surface area contributed by atoms with Gasteiger partial charge in [0.2, 0.25) is 0 Å². The van der Waals surface area contributed by atoms with E-state index in [0.29, 0.717) is 36.0 Å². The molecule has 0 saturated heterocycles. The number of aliphatic hydroxyl groups excluding tert-OH is 5. The van der Waals surface area contributed by atoms with Gasteiger partial charge in [-0.3, -0.25) is 24.7 Å². The third-order valence-electron chi connectivity index (χ3n) is 7.20. The van der Waals surface area contributed by atoms with Crippen molar-refractivity contribution in [2.75, 3.05) is 40.1 Å². The Balaban J connectivity index is 1.64. The van der Waals surface area contributed by atoms with Crippen LogP contribution in [0.5, 0.6) is 0 Å². The van der Waals surface area contributed by atoms with Gasteiger partial charge in [-0.25, -0.2) is 0 Å². The van der Waals surface area contributed by atoms with E-state index in [-0.39, 0.29) is 46.6 Å². The van der Waals surface area contributed by atoms with Crippen molar-refractivity contribution in [1.29, 1.82) is 0 Å². The summed E-state index contributed by atoms with van der Waals surface area (Å²) in [7, 11) is 0. The molecule has 5 N–H and O–H groups in total. The number of unbranched alkanes of at least 4 members (excludes halogenated alkanes) is 3. The standard InChI is InChI=1S/C32H43N5O7/c38-10-4-2-1-3-9-35(17-27-13-25(31-7-5-11-43-31)15-29(33-27)19-36(21-39)22-40)18-28-14-26(32-8-6-12-44-32)16-30(34-28)20-37(23-41)24-42/h5-8,11-16,38-42H,1-4,9-10,17-24H2. The maximum absolute atomic E-state index is 9.63. The number of aliphatic hydroxyl groups is 5. The average molecular weight is 610 g/mol. The van der Waals surface area contributed by atoms with Crippen LogP contribution < -0.4 is 0 Å². The van der Waals surface area contributed by atoms with Gasteiger partial charge in [0.1, 0.15) is 11.5 Å². The second kappa shape index (κ2) is 17.7. The third kappa shape index (κ3) is 10.0. The summed E-state index contributed by atoms with van der Waals surface area (Å²) in [5.41, 5.74) is 4.68. The summed E-state index contributed by atoms with van der Waals surface area (Å²) < 4.78 is 11.3. The van der Waals surface area contributed by atoms with Crippen LogP contribution in [0.15, 0.2) is 69.9 Å². The van der Waals surface area contributed by atoms with E-state index in [9.17, 15) is 25.5 Å². The Morgan fingerprint density at radius 1 is 0.523 bits per heavy atom. The minimum atomic E-state index is -0.303. The van der Waals surface area contributed by atoms with E-state index < -0.39 is 0 Å². The number of rotatable bonds is 20. The maximum Gasteiger partial charge on any atom is 0.133 e. The molecule has 238 valence electrons. The van der Waals surface area contributed by atoms with E-state index in [1.807, 2.05) is 48.5 Å². The van der Waals surface area contributed by atoms with Gasteiger partial charge in [0, 0.05) is 43.9 Å². The van der Waals surface area contributed by atoms with Gasteiger partial charge in [0.15, 0.2) is 0 Å². The fraction of sp³-hybridized carbons (Fsp3) is 0.438. The molecule has 4 aromatic heterocycles. The molecule has 0 aliphatic heterocycles. The van der Waals surface area contributed by atoms with Crippen LogP contribution in [0.1, 0.15) is 48.5 Å². The van der Waals surface area contributed by atoms with Crippen LogP contribution in [0.3, 0.4) is 0 Å². The lowest BCUT2D eigenvalue weighted by Gasteiger charge is -2.24. The van der Waals surface area contributed by atoms with Crippen LogP contribution in [-0.4, -0.2) is 90.3 Å². The molecule has 4 rings (SSSR count). The van der Waals surface area contributed by atoms with E-state index in [0.717, 1.165) is 54.7 Å². The lowest BCUT2D eigenvalue weighted by atomic mass is 10.1. The van der Waals surface area contributed by atoms with Crippen LogP contribution in [-0.2, 0) is 26.2 Å². The number of hydrogen-bond acceptors (Lipinski definition) is 12. The quantitative estimate of drug-likeness (QED) is 0.0737. The van der Waals surface area contributed by atoms with Crippen molar-refractivity contribution in [2.24, 2.45) is 0 Å². The van der Waals surface area contributed by atoms with Crippen molar-refractivity contribution >= 4 is 0 Å². The van der Waals surface area contributed by atoms with Gasteiger partial charge in [-0.2, -0.15) is 0 Å². The van der Waals surface area contributed by atoms with Gasteiger partial charge in [-0.15, -0.1) is 0 Å². The Kier molecular flexibility index (Phi) is 13.5. The summed E-state index contributed by atoms with van der Waals surface area (Å²) in [4.78, 5) is 14.9. The first-order valence-electron chi connectivity index (χ1n) is 14.8. The van der Waals surface area contributed by atoms with Crippen LogP contribution in [0, 0.1) is 0 Å². The highest BCUT2D eigenvalue weighted by molar-refractivity contribution is 5.59. The highest BCUT2D eigenvalue weighted by Crippen LogP contribution is 2.25. The number of aromatic nitrogens is 2. The molecule has 4 aromatic rings. The second-order valence-electron chi connectivity index (χ2n) is 10.7. The van der Waals surface area contributed by atoms with Gasteiger partial charge in [-0.05, 0) is 67.9 Å². The topological polar surface area (TPSA) is 163 Å². The fourth-order valence-corrected chi connectivity index (χ4v) is 5.01. The Labute approximate surface area is 257 Å². The van der Waals surface area contributed by atoms with Crippen LogP contribution >= 0.6 is 0 Å². The van der Waals surface area contributed by atoms with Crippen LogP contribution in [0.25, 0.3) is 22.6 Å². The highest BCUT2D eigenvalue weighted by Gasteiger charge is 2.16. The maximum atomic E-state index is 9.63. The molecule has 0 aliphatic carbocycles. The normalized spacial score (nSPS) is 11.8. The predicted molar refractivity (Wildman–Crippen MR) is 163 cm³/mol. The molecule has 0 atom stereocenters. The molecular formula is C32H43N5O7. The zero-order chi connectivity index (χ0) is 31.1. The summed E-state index contributed by atoms with van der Waals surface area (Å²) in [6, 6.07) is 15.2. The Morgan fingerprint density at radius 3 is 1.30 bits per heavy atom. The first-order chi connectivity index (χ1) is 21.5. The monoisotopic (exact) mass is 609 g/mol. The van der Waals surface area contributed by atoms with Crippen LogP contribution in [0.4, 0.5) is 0 Å². The Bertz CT molecular complexity index is 1260. The van der Waals surface area contributed by atoms with Crippen molar-refractivity contribution in [3.63, 3.8) is 0 Å². The summed E-state index contributed by atoms with van der Waals surface area (Å²) in [5, 5.41) is 47.7. The number of pyridine rings is 2. The SMILES string of the molecule is OCCCCCCN(Cc1cc(-c2ccco2)cc(CN(CO)CO)n1)Cc1cc(-c2ccco2)cc(CN(CO)CO)n1. The van der Waals surface area contributed by atoms with Gasteiger partial charge >= 0.3 is 0 Å². The molecular weight excluding hydrogens is 566 g/mol. The number of nitrogens with zero attached hydrogens (tertiary/aromatic N) is 5. The molecule has 12 heteroatoms. The van der Waals surface area contributed by atoms with Crippen molar-refractivity contribution in [3.05, 3.63) is 83.8 Å². The molecule has 44 heavy (non-hydrogen) atoms. The zero-order valence-corrected chi connectivity index (χ0v) is 25.0. The Hall–Kier alpha value is -3.46. The van der Waals surface area contributed by atoms with Gasteiger partial charge in [0.05, 0.1) is 62.2 Å². The molecule has 0 fully saturated rings. The molecule has 0 bridgehead atoms. The first-order valence-corrected chi connectivity index (χ1v) is 14.8. The Morgan fingerprint density at radius 2 is 0.932 bits per heavy atom. The van der Waals surface area contributed by atoms with Gasteiger partial charge in [0.25, 0.3) is 0 Å². The molecule has 0 aliphatic rings. The molecule has 0 amide bonds. The molecule has 12 nitrogen and oxygen atoms in total. The summed E-state index contributed by atoms with van der Waals surface area (Å²) >= 11 is 0. The fourth-order valence-electron chi connectivity index (χ4n) is 5.01. The van der Waals surface area contributed by atoms with Crippen molar-refractivity contribution in [1.82, 2.24) is 24.7 Å². The molecule has 0 saturated carbocycles. The average Bonchev–Trinajstić information content (AvgIpc) is 3.78. The largest absolute Gasteiger partial charge is 0.464 e. The molecule has 0 radical (unpaired) electrons. The predicted octanol–water partition coefficient (Wildman–Crippen LogP) is 2.95. The molecule has 4 heterocycles. The lowest BCUT2D eigenvalue weighted by molar-refractivity contribution is 0.0223. The second-order valence-corrected chi connectivity index (χ2v) is 10.7. The van der Waals surface area contributed by atoms with E-state index in [2.05, 4.69) is 4.90 Å². The summed E-state index contributed by atoms with van der Waals surface area (Å²) in [6.45, 7) is 1.25. The summed E-state index contributed by atoms with van der Waals surface area (Å²) in [6.07, 6.45) is 6.83. The van der Waals surface area contributed by atoms with Crippen LogP contribution in [0.2, 0.25) is 0 Å². The van der Waals surface area contributed by atoms with Crippen molar-refractivity contribution in [2.45, 2.75) is 51.9 Å². The summed E-state index contributed by atoms with van der Waals surface area (Å²) in [5.74, 6) is 1.39. The van der Waals surface area contributed by atoms with Crippen molar-refractivity contribution < 1.29 is 34.4 Å². The van der Waals surface area contributed by atoms with E-state index in [1.165, 1.54) is 9.80 Å². The zero-order valence-electron chi connectivity index (χ0n) is 25.0. The molecule has 0 spiro atoms. The lowest BCUT2D eigenvalue weighted by Crippen LogP contribution is -2.28. The van der Waals surface area contributed by atoms with E-state index >= 15 is 0 Å².